The van der Waals surface area contributed by atoms with E-state index in [1.165, 1.54) is 23.5 Å². The zero-order chi connectivity index (χ0) is 11.8. The van der Waals surface area contributed by atoms with Gasteiger partial charge in [-0.25, -0.2) is 9.78 Å². The number of carbonyl (C=O) groups excluding carboxylic acids is 1. The highest BCUT2D eigenvalue weighted by Gasteiger charge is 2.14. The predicted molar refractivity (Wildman–Crippen MR) is 58.9 cm³/mol. The fourth-order valence-corrected chi connectivity index (χ4v) is 1.45. The van der Waals surface area contributed by atoms with Crippen LogP contribution in [-0.4, -0.2) is 22.0 Å². The van der Waals surface area contributed by atoms with E-state index in [1.807, 2.05) is 0 Å². The van der Waals surface area contributed by atoms with E-state index in [-0.39, 0.29) is 6.10 Å². The zero-order valence-electron chi connectivity index (χ0n) is 9.76. The van der Waals surface area contributed by atoms with Crippen molar-refractivity contribution >= 4 is 6.16 Å². The van der Waals surface area contributed by atoms with Crippen LogP contribution in [0.4, 0.5) is 4.79 Å². The second-order valence-corrected chi connectivity index (χ2v) is 3.58. The second-order valence-electron chi connectivity index (χ2n) is 3.58. The molecule has 0 aromatic carbocycles. The molecule has 0 unspecified atom stereocenters. The first kappa shape index (κ1) is 12.5. The fraction of sp³-hybridized carbons (Fsp3) is 0.636. The Kier molecular flexibility index (Phi) is 5.39. The maximum Gasteiger partial charge on any atom is 0.534 e. The van der Waals surface area contributed by atoms with Crippen LogP contribution in [0.15, 0.2) is 18.7 Å². The van der Waals surface area contributed by atoms with Crippen LogP contribution in [0.25, 0.3) is 0 Å². The Morgan fingerprint density at radius 3 is 2.56 bits per heavy atom. The molecule has 0 saturated heterocycles. The van der Waals surface area contributed by atoms with E-state index in [0.717, 1.165) is 25.7 Å². The molecule has 0 radical (unpaired) electrons. The molecule has 90 valence electrons. The summed E-state index contributed by atoms with van der Waals surface area (Å²) < 4.78 is 6.41. The normalized spacial score (nSPS) is 10.4. The lowest BCUT2D eigenvalue weighted by molar-refractivity contribution is 0.0125. The van der Waals surface area contributed by atoms with Crippen molar-refractivity contribution in [1.82, 2.24) is 9.71 Å². The molecule has 0 atom stereocenters. The molecule has 0 saturated carbocycles. The lowest BCUT2D eigenvalue weighted by atomic mass is 10.1. The lowest BCUT2D eigenvalue weighted by Crippen LogP contribution is -2.25. The lowest BCUT2D eigenvalue weighted by Gasteiger charge is -2.15. The van der Waals surface area contributed by atoms with Gasteiger partial charge in [-0.05, 0) is 12.8 Å². The first-order valence-corrected chi connectivity index (χ1v) is 5.63. The van der Waals surface area contributed by atoms with Crippen molar-refractivity contribution < 1.29 is 14.4 Å². The van der Waals surface area contributed by atoms with Crippen molar-refractivity contribution in [3.8, 4) is 0 Å². The summed E-state index contributed by atoms with van der Waals surface area (Å²) in [5.74, 6) is 0. The Labute approximate surface area is 95.3 Å². The van der Waals surface area contributed by atoms with E-state index < -0.39 is 6.16 Å². The van der Waals surface area contributed by atoms with E-state index in [2.05, 4.69) is 18.8 Å². The summed E-state index contributed by atoms with van der Waals surface area (Å²) in [6.07, 6.45) is 7.45. The molecule has 5 heteroatoms. The van der Waals surface area contributed by atoms with Crippen molar-refractivity contribution in [2.75, 3.05) is 0 Å². The Hall–Kier alpha value is -1.52. The largest absolute Gasteiger partial charge is 0.534 e. The van der Waals surface area contributed by atoms with Gasteiger partial charge in [0.2, 0.25) is 0 Å². The molecule has 0 N–H and O–H groups in total. The summed E-state index contributed by atoms with van der Waals surface area (Å²) in [4.78, 5) is 20.0. The van der Waals surface area contributed by atoms with Crippen molar-refractivity contribution in [3.05, 3.63) is 18.7 Å². The van der Waals surface area contributed by atoms with Gasteiger partial charge in [0.1, 0.15) is 12.4 Å². The van der Waals surface area contributed by atoms with E-state index in [4.69, 9.17) is 9.57 Å². The van der Waals surface area contributed by atoms with Gasteiger partial charge in [0.25, 0.3) is 0 Å². The quantitative estimate of drug-likeness (QED) is 0.699. The minimum Gasteiger partial charge on any atom is -0.429 e. The molecule has 5 nitrogen and oxygen atoms in total. The molecule has 0 aliphatic heterocycles. The number of imidazole rings is 1. The van der Waals surface area contributed by atoms with Gasteiger partial charge < -0.3 is 9.57 Å². The van der Waals surface area contributed by atoms with Gasteiger partial charge in [0.15, 0.2) is 0 Å². The highest BCUT2D eigenvalue weighted by molar-refractivity contribution is 5.60. The maximum absolute atomic E-state index is 11.4. The molecule has 0 amide bonds. The fourth-order valence-electron chi connectivity index (χ4n) is 1.45. The van der Waals surface area contributed by atoms with Gasteiger partial charge in [-0.1, -0.05) is 26.7 Å². The molecule has 1 rings (SSSR count). The number of aromatic nitrogens is 2. The summed E-state index contributed by atoms with van der Waals surface area (Å²) in [5, 5.41) is 0. The van der Waals surface area contributed by atoms with Gasteiger partial charge in [0.05, 0.1) is 6.20 Å². The first-order valence-electron chi connectivity index (χ1n) is 5.63. The summed E-state index contributed by atoms with van der Waals surface area (Å²) in [7, 11) is 0. The van der Waals surface area contributed by atoms with Gasteiger partial charge in [-0.3, -0.25) is 0 Å². The summed E-state index contributed by atoms with van der Waals surface area (Å²) in [5.41, 5.74) is 0. The van der Waals surface area contributed by atoms with Crippen molar-refractivity contribution in [2.45, 2.75) is 45.6 Å². The number of nitrogens with zero attached hydrogens (tertiary/aromatic N) is 2. The van der Waals surface area contributed by atoms with Gasteiger partial charge in [0, 0.05) is 6.20 Å². The van der Waals surface area contributed by atoms with Crippen molar-refractivity contribution in [1.29, 1.82) is 0 Å². The maximum atomic E-state index is 11.4. The molecule has 0 bridgehead atoms. The SMILES string of the molecule is CCCC(CCC)OC(=O)On1ccnc1. The third-order valence-electron chi connectivity index (χ3n) is 2.14. The standard InChI is InChI=1S/C11H18N2O3/c1-3-5-10(6-4-2)15-11(14)16-13-8-7-12-9-13/h7-10H,3-6H2,1-2H3. The molecule has 0 fully saturated rings. The molecule has 0 spiro atoms. The van der Waals surface area contributed by atoms with Gasteiger partial charge >= 0.3 is 6.16 Å². The number of carbonyl (C=O) groups is 1. The number of rotatable bonds is 6. The van der Waals surface area contributed by atoms with E-state index in [9.17, 15) is 4.79 Å². The van der Waals surface area contributed by atoms with Crippen LogP contribution in [0.2, 0.25) is 0 Å². The number of ether oxygens (including phenoxy) is 1. The second kappa shape index (κ2) is 6.87. The number of hydrogen-bond acceptors (Lipinski definition) is 4. The Bertz CT molecular complexity index is 292. The smallest absolute Gasteiger partial charge is 0.429 e. The summed E-state index contributed by atoms with van der Waals surface area (Å²) in [6, 6.07) is 0. The Morgan fingerprint density at radius 1 is 1.38 bits per heavy atom. The third-order valence-corrected chi connectivity index (χ3v) is 2.14. The molecule has 16 heavy (non-hydrogen) atoms. The molecule has 1 aromatic heterocycles. The van der Waals surface area contributed by atoms with Crippen LogP contribution in [0.3, 0.4) is 0 Å². The van der Waals surface area contributed by atoms with Crippen LogP contribution in [0.1, 0.15) is 39.5 Å². The third kappa shape index (κ3) is 4.33. The first-order chi connectivity index (χ1) is 7.76. The molecule has 0 aliphatic carbocycles. The molecule has 0 aliphatic rings. The van der Waals surface area contributed by atoms with Crippen LogP contribution in [0.5, 0.6) is 0 Å². The molecule has 1 aromatic rings. The minimum atomic E-state index is -0.676. The summed E-state index contributed by atoms with van der Waals surface area (Å²) in [6.45, 7) is 4.13. The van der Waals surface area contributed by atoms with Crippen molar-refractivity contribution in [3.63, 3.8) is 0 Å². The highest BCUT2D eigenvalue weighted by atomic mass is 16.8. The van der Waals surface area contributed by atoms with Gasteiger partial charge in [-0.2, -0.15) is 4.73 Å². The minimum absolute atomic E-state index is 0.0500. The number of hydrogen-bond donors (Lipinski definition) is 0. The monoisotopic (exact) mass is 226 g/mol. The van der Waals surface area contributed by atoms with E-state index >= 15 is 0 Å². The highest BCUT2D eigenvalue weighted by Crippen LogP contribution is 2.09. The van der Waals surface area contributed by atoms with Crippen LogP contribution >= 0.6 is 0 Å². The molecular formula is C11H18N2O3. The average Bonchev–Trinajstić information content (AvgIpc) is 2.71. The predicted octanol–water partition coefficient (Wildman–Crippen LogP) is 2.42. The zero-order valence-corrected chi connectivity index (χ0v) is 9.76. The average molecular weight is 226 g/mol. The Balaban J connectivity index is 2.35. The van der Waals surface area contributed by atoms with Gasteiger partial charge in [-0.15, -0.1) is 0 Å². The van der Waals surface area contributed by atoms with E-state index in [0.29, 0.717) is 0 Å². The van der Waals surface area contributed by atoms with Crippen LogP contribution in [-0.2, 0) is 4.74 Å². The summed E-state index contributed by atoms with van der Waals surface area (Å²) >= 11 is 0. The molecular weight excluding hydrogens is 208 g/mol. The van der Waals surface area contributed by atoms with Crippen LogP contribution in [0, 0.1) is 0 Å². The Morgan fingerprint density at radius 2 is 2.06 bits per heavy atom. The van der Waals surface area contributed by atoms with Crippen molar-refractivity contribution in [2.24, 2.45) is 0 Å². The van der Waals surface area contributed by atoms with E-state index in [1.54, 1.807) is 0 Å². The molecule has 1 heterocycles. The van der Waals surface area contributed by atoms with Crippen LogP contribution < -0.4 is 4.84 Å². The topological polar surface area (TPSA) is 53.4 Å².